The van der Waals surface area contributed by atoms with E-state index < -0.39 is 60.3 Å². The summed E-state index contributed by atoms with van der Waals surface area (Å²) in [4.78, 5) is 55.9. The van der Waals surface area contributed by atoms with Gasteiger partial charge in [0, 0.05) is 11.5 Å². The number of hydrogen-bond acceptors (Lipinski definition) is 9. The maximum absolute atomic E-state index is 14.3. The Kier molecular flexibility index (Phi) is 11.4. The van der Waals surface area contributed by atoms with Crippen molar-refractivity contribution in [3.63, 3.8) is 0 Å². The average molecular weight is 722 g/mol. The zero-order valence-electron chi connectivity index (χ0n) is 29.7. The maximum Gasteiger partial charge on any atom is 0.407 e. The second kappa shape index (κ2) is 16.3. The Morgan fingerprint density at radius 3 is 1.96 bits per heavy atom. The summed E-state index contributed by atoms with van der Waals surface area (Å²) < 4.78 is 17.1. The molecule has 53 heavy (non-hydrogen) atoms. The monoisotopic (exact) mass is 721 g/mol. The SMILES string of the molecule is CC(C)[C@H](NC(=O)OCC1c2ccccc2-c2ccccc21)C(=O)N[C@H](C(=O)N1C(C(=O)OCc2ccccc2)COC1c1ccccc1O)[C@@H](C)O. The molecule has 1 fully saturated rings. The molecule has 0 radical (unpaired) electrons. The first-order valence-corrected chi connectivity index (χ1v) is 17.6. The van der Waals surface area contributed by atoms with Crippen LogP contribution in [-0.2, 0) is 35.2 Å². The number of nitrogens with zero attached hydrogens (tertiary/aromatic N) is 1. The molecule has 0 bridgehead atoms. The van der Waals surface area contributed by atoms with Crippen LogP contribution < -0.4 is 10.6 Å². The van der Waals surface area contributed by atoms with Gasteiger partial charge in [-0.2, -0.15) is 0 Å². The average Bonchev–Trinajstić information content (AvgIpc) is 3.74. The lowest BCUT2D eigenvalue weighted by atomic mass is 9.98. The number of nitrogens with one attached hydrogen (secondary N) is 2. The van der Waals surface area contributed by atoms with Crippen molar-refractivity contribution < 1.29 is 43.6 Å². The molecular formula is C41H43N3O9. The molecule has 0 saturated carbocycles. The Balaban J connectivity index is 1.17. The van der Waals surface area contributed by atoms with Crippen LogP contribution in [0.3, 0.4) is 0 Å². The standard InChI is InChI=1S/C41H43N3O9/c1-24(2)35(43-41(50)53-22-32-29-17-9-7-15-27(29)28-16-8-10-18-30(28)32)37(47)42-36(25(3)45)38(48)44-33(40(49)52-21-26-13-5-4-6-14-26)23-51-39(44)31-19-11-12-20-34(31)46/h4-20,24-25,32-33,35-36,39,45-46H,21-23H2,1-3H3,(H,42,47)(H,43,50)/t25-,33?,35+,36+,39?/m1/s1. The summed E-state index contributed by atoms with van der Waals surface area (Å²) in [6, 6.07) is 27.0. The number of carbonyl (C=O) groups excluding carboxylic acids is 4. The van der Waals surface area contributed by atoms with Crippen LogP contribution in [0.15, 0.2) is 103 Å². The summed E-state index contributed by atoms with van der Waals surface area (Å²) in [6.07, 6.45) is -3.51. The second-order valence-corrected chi connectivity index (χ2v) is 13.5. The van der Waals surface area contributed by atoms with Gasteiger partial charge in [-0.25, -0.2) is 9.59 Å². The minimum atomic E-state index is -1.58. The minimum Gasteiger partial charge on any atom is -0.507 e. The number of aliphatic hydroxyl groups is 1. The van der Waals surface area contributed by atoms with Gasteiger partial charge in [-0.05, 0) is 46.7 Å². The van der Waals surface area contributed by atoms with Gasteiger partial charge in [0.2, 0.25) is 5.91 Å². The summed E-state index contributed by atoms with van der Waals surface area (Å²) in [6.45, 7) is 4.46. The lowest BCUT2D eigenvalue weighted by molar-refractivity contribution is -0.158. The predicted molar refractivity (Wildman–Crippen MR) is 194 cm³/mol. The summed E-state index contributed by atoms with van der Waals surface area (Å²) >= 11 is 0. The van der Waals surface area contributed by atoms with Crippen molar-refractivity contribution in [3.8, 4) is 16.9 Å². The summed E-state index contributed by atoms with van der Waals surface area (Å²) in [5, 5.41) is 26.7. The molecule has 4 aromatic carbocycles. The van der Waals surface area contributed by atoms with Crippen LogP contribution in [0.25, 0.3) is 11.1 Å². The van der Waals surface area contributed by atoms with E-state index in [1.54, 1.807) is 56.3 Å². The number of alkyl carbamates (subject to hydrolysis) is 1. The van der Waals surface area contributed by atoms with Crippen LogP contribution >= 0.6 is 0 Å². The quantitative estimate of drug-likeness (QED) is 0.151. The second-order valence-electron chi connectivity index (χ2n) is 13.5. The van der Waals surface area contributed by atoms with E-state index in [1.165, 1.54) is 13.0 Å². The first-order chi connectivity index (χ1) is 25.5. The number of benzene rings is 4. The molecule has 276 valence electrons. The van der Waals surface area contributed by atoms with Crippen LogP contribution in [0.2, 0.25) is 0 Å². The third-order valence-electron chi connectivity index (χ3n) is 9.57. The van der Waals surface area contributed by atoms with Gasteiger partial charge in [0.1, 0.15) is 31.0 Å². The molecule has 1 aliphatic carbocycles. The Morgan fingerprint density at radius 2 is 1.36 bits per heavy atom. The molecule has 12 nitrogen and oxygen atoms in total. The minimum absolute atomic E-state index is 0.0333. The number of phenols is 1. The number of para-hydroxylation sites is 1. The van der Waals surface area contributed by atoms with Crippen LogP contribution in [0.5, 0.6) is 5.75 Å². The number of ether oxygens (including phenoxy) is 3. The fraction of sp³-hybridized carbons (Fsp3) is 0.317. The van der Waals surface area contributed by atoms with Gasteiger partial charge in [0.15, 0.2) is 12.3 Å². The highest BCUT2D eigenvalue weighted by molar-refractivity contribution is 5.94. The molecule has 2 unspecified atom stereocenters. The molecule has 6 rings (SSSR count). The van der Waals surface area contributed by atoms with Crippen molar-refractivity contribution in [2.45, 2.75) is 63.8 Å². The zero-order valence-corrected chi connectivity index (χ0v) is 29.7. The number of phenolic OH excluding ortho intramolecular Hbond substituents is 1. The molecule has 4 N–H and O–H groups in total. The van der Waals surface area contributed by atoms with E-state index in [2.05, 4.69) is 10.6 Å². The Labute approximate surface area is 307 Å². The third-order valence-corrected chi connectivity index (χ3v) is 9.57. The smallest absolute Gasteiger partial charge is 0.407 e. The molecule has 2 aliphatic rings. The van der Waals surface area contributed by atoms with E-state index in [0.717, 1.165) is 32.7 Å². The normalized spacial score (nSPS) is 18.0. The first-order valence-electron chi connectivity index (χ1n) is 17.6. The number of aliphatic hydroxyl groups excluding tert-OH is 1. The van der Waals surface area contributed by atoms with E-state index >= 15 is 0 Å². The van der Waals surface area contributed by atoms with E-state index in [0.29, 0.717) is 0 Å². The highest BCUT2D eigenvalue weighted by atomic mass is 16.6. The van der Waals surface area contributed by atoms with Gasteiger partial charge in [0.25, 0.3) is 5.91 Å². The van der Waals surface area contributed by atoms with E-state index in [9.17, 15) is 29.4 Å². The molecule has 1 heterocycles. The molecular weight excluding hydrogens is 678 g/mol. The van der Waals surface area contributed by atoms with Gasteiger partial charge in [-0.15, -0.1) is 0 Å². The number of esters is 1. The number of rotatable bonds is 12. The number of hydrogen-bond donors (Lipinski definition) is 4. The number of amides is 3. The van der Waals surface area contributed by atoms with Crippen LogP contribution in [0, 0.1) is 5.92 Å². The molecule has 0 spiro atoms. The predicted octanol–water partition coefficient (Wildman–Crippen LogP) is 4.79. The van der Waals surface area contributed by atoms with Crippen molar-refractivity contribution in [1.82, 2.24) is 15.5 Å². The molecule has 0 aromatic heterocycles. The van der Waals surface area contributed by atoms with E-state index in [4.69, 9.17) is 14.2 Å². The number of fused-ring (bicyclic) bond motifs is 3. The van der Waals surface area contributed by atoms with Crippen molar-refractivity contribution >= 4 is 23.9 Å². The first kappa shape index (κ1) is 37.1. The van der Waals surface area contributed by atoms with E-state index in [1.807, 2.05) is 54.6 Å². The number of aromatic hydroxyl groups is 1. The molecule has 3 amide bonds. The summed E-state index contributed by atoms with van der Waals surface area (Å²) in [5.74, 6) is -3.21. The molecule has 1 aliphatic heterocycles. The molecule has 12 heteroatoms. The highest BCUT2D eigenvalue weighted by Gasteiger charge is 2.48. The lowest BCUT2D eigenvalue weighted by Crippen LogP contribution is -2.60. The van der Waals surface area contributed by atoms with Crippen molar-refractivity contribution in [2.75, 3.05) is 13.2 Å². The third kappa shape index (κ3) is 8.03. The Morgan fingerprint density at radius 1 is 0.774 bits per heavy atom. The van der Waals surface area contributed by atoms with Crippen molar-refractivity contribution in [2.24, 2.45) is 5.92 Å². The zero-order chi connectivity index (χ0) is 37.6. The van der Waals surface area contributed by atoms with E-state index in [-0.39, 0.29) is 37.1 Å². The summed E-state index contributed by atoms with van der Waals surface area (Å²) in [5.41, 5.74) is 5.15. The number of carbonyl (C=O) groups is 4. The van der Waals surface area contributed by atoms with Crippen molar-refractivity contribution in [3.05, 3.63) is 125 Å². The molecule has 1 saturated heterocycles. The van der Waals surface area contributed by atoms with Gasteiger partial charge >= 0.3 is 12.1 Å². The van der Waals surface area contributed by atoms with Crippen LogP contribution in [0.1, 0.15) is 55.2 Å². The highest BCUT2D eigenvalue weighted by Crippen LogP contribution is 2.44. The lowest BCUT2D eigenvalue weighted by Gasteiger charge is -2.33. The maximum atomic E-state index is 14.3. The van der Waals surface area contributed by atoms with Gasteiger partial charge < -0.3 is 35.1 Å². The van der Waals surface area contributed by atoms with Crippen LogP contribution in [0.4, 0.5) is 4.79 Å². The Hall–Kier alpha value is -5.72. The fourth-order valence-electron chi connectivity index (χ4n) is 6.81. The molecule has 4 aromatic rings. The largest absolute Gasteiger partial charge is 0.507 e. The van der Waals surface area contributed by atoms with Crippen molar-refractivity contribution in [1.29, 1.82) is 0 Å². The summed E-state index contributed by atoms with van der Waals surface area (Å²) in [7, 11) is 0. The fourth-order valence-corrected chi connectivity index (χ4v) is 6.81. The van der Waals surface area contributed by atoms with Gasteiger partial charge in [0.05, 0.1) is 12.7 Å². The topological polar surface area (TPSA) is 164 Å². The van der Waals surface area contributed by atoms with Crippen LogP contribution in [-0.4, -0.2) is 76.4 Å². The molecule has 5 atom stereocenters. The Bertz CT molecular complexity index is 1900. The van der Waals surface area contributed by atoms with Gasteiger partial charge in [-0.1, -0.05) is 111 Å². The van der Waals surface area contributed by atoms with Gasteiger partial charge in [-0.3, -0.25) is 14.5 Å².